The monoisotopic (exact) mass is 392 g/mol. The Morgan fingerprint density at radius 1 is 1.00 bits per heavy atom. The SMILES string of the molecule is COc1cccc(COc2ccc3c(c2)OC(=Cc2ccccc2Cl)C3=O)c1. The van der Waals surface area contributed by atoms with Gasteiger partial charge in [0.05, 0.1) is 12.7 Å². The summed E-state index contributed by atoms with van der Waals surface area (Å²) in [5.74, 6) is 1.94. The zero-order chi connectivity index (χ0) is 19.5. The number of ether oxygens (including phenoxy) is 3. The van der Waals surface area contributed by atoms with Gasteiger partial charge in [-0.05, 0) is 47.5 Å². The first kappa shape index (κ1) is 18.1. The van der Waals surface area contributed by atoms with E-state index >= 15 is 0 Å². The molecule has 0 saturated carbocycles. The Morgan fingerprint density at radius 2 is 1.86 bits per heavy atom. The van der Waals surface area contributed by atoms with Crippen LogP contribution in [0.5, 0.6) is 17.2 Å². The van der Waals surface area contributed by atoms with E-state index in [0.29, 0.717) is 28.7 Å². The first-order valence-corrected chi connectivity index (χ1v) is 9.10. The second-order valence-corrected chi connectivity index (χ2v) is 6.67. The highest BCUT2D eigenvalue weighted by Crippen LogP contribution is 2.35. The number of allylic oxidation sites excluding steroid dienone is 1. The van der Waals surface area contributed by atoms with Crippen molar-refractivity contribution in [3.05, 3.63) is 94.2 Å². The van der Waals surface area contributed by atoms with Crippen LogP contribution in [-0.4, -0.2) is 12.9 Å². The summed E-state index contributed by atoms with van der Waals surface area (Å²) in [4.78, 5) is 12.6. The summed E-state index contributed by atoms with van der Waals surface area (Å²) in [6, 6.07) is 20.2. The van der Waals surface area contributed by atoms with Crippen molar-refractivity contribution in [3.8, 4) is 17.2 Å². The lowest BCUT2D eigenvalue weighted by Crippen LogP contribution is -1.98. The van der Waals surface area contributed by atoms with Crippen molar-refractivity contribution in [2.24, 2.45) is 0 Å². The Hall–Kier alpha value is -3.24. The van der Waals surface area contributed by atoms with Crippen LogP contribution in [-0.2, 0) is 6.61 Å². The fourth-order valence-corrected chi connectivity index (χ4v) is 3.11. The average molecular weight is 393 g/mol. The Labute approximate surface area is 167 Å². The smallest absolute Gasteiger partial charge is 0.231 e. The zero-order valence-electron chi connectivity index (χ0n) is 15.1. The highest BCUT2D eigenvalue weighted by molar-refractivity contribution is 6.32. The van der Waals surface area contributed by atoms with Crippen LogP contribution in [0.3, 0.4) is 0 Å². The van der Waals surface area contributed by atoms with E-state index in [0.717, 1.165) is 16.9 Å². The third kappa shape index (κ3) is 3.73. The number of benzene rings is 3. The topological polar surface area (TPSA) is 44.8 Å². The van der Waals surface area contributed by atoms with Gasteiger partial charge in [-0.2, -0.15) is 0 Å². The van der Waals surface area contributed by atoms with E-state index in [1.807, 2.05) is 42.5 Å². The van der Waals surface area contributed by atoms with E-state index in [1.165, 1.54) is 0 Å². The van der Waals surface area contributed by atoms with E-state index in [-0.39, 0.29) is 11.5 Å². The summed E-state index contributed by atoms with van der Waals surface area (Å²) < 4.78 is 16.8. The predicted molar refractivity (Wildman–Crippen MR) is 108 cm³/mol. The number of carbonyl (C=O) groups excluding carboxylic acids is 1. The van der Waals surface area contributed by atoms with E-state index in [1.54, 1.807) is 37.5 Å². The fourth-order valence-electron chi connectivity index (χ4n) is 2.92. The summed E-state index contributed by atoms with van der Waals surface area (Å²) in [6.07, 6.45) is 1.65. The second-order valence-electron chi connectivity index (χ2n) is 6.26. The third-order valence-electron chi connectivity index (χ3n) is 4.37. The maximum atomic E-state index is 12.6. The molecule has 0 saturated heterocycles. The van der Waals surface area contributed by atoms with Gasteiger partial charge in [-0.25, -0.2) is 0 Å². The van der Waals surface area contributed by atoms with Gasteiger partial charge in [-0.3, -0.25) is 4.79 Å². The molecule has 0 atom stereocenters. The van der Waals surface area contributed by atoms with Gasteiger partial charge in [-0.1, -0.05) is 41.9 Å². The van der Waals surface area contributed by atoms with Crippen LogP contribution < -0.4 is 14.2 Å². The van der Waals surface area contributed by atoms with Crippen molar-refractivity contribution < 1.29 is 19.0 Å². The van der Waals surface area contributed by atoms with Crippen LogP contribution in [0.4, 0.5) is 0 Å². The Bertz CT molecular complexity index is 1070. The molecule has 0 aromatic heterocycles. The van der Waals surface area contributed by atoms with Gasteiger partial charge in [-0.15, -0.1) is 0 Å². The quantitative estimate of drug-likeness (QED) is 0.534. The van der Waals surface area contributed by atoms with Gasteiger partial charge in [0, 0.05) is 11.1 Å². The summed E-state index contributed by atoms with van der Waals surface area (Å²) in [6.45, 7) is 0.381. The second kappa shape index (κ2) is 7.79. The van der Waals surface area contributed by atoms with Crippen LogP contribution >= 0.6 is 11.6 Å². The minimum Gasteiger partial charge on any atom is -0.497 e. The fraction of sp³-hybridized carbons (Fsp3) is 0.0870. The van der Waals surface area contributed by atoms with Gasteiger partial charge in [0.25, 0.3) is 0 Å². The molecule has 3 aromatic rings. The minimum atomic E-state index is -0.172. The normalized spacial score (nSPS) is 13.9. The molecule has 4 nitrogen and oxygen atoms in total. The van der Waals surface area contributed by atoms with Gasteiger partial charge >= 0.3 is 0 Å². The van der Waals surface area contributed by atoms with E-state index in [2.05, 4.69) is 0 Å². The summed E-state index contributed by atoms with van der Waals surface area (Å²) in [5, 5.41) is 0.560. The van der Waals surface area contributed by atoms with Crippen molar-refractivity contribution in [1.29, 1.82) is 0 Å². The van der Waals surface area contributed by atoms with Crippen LogP contribution in [0.25, 0.3) is 6.08 Å². The molecule has 0 N–H and O–H groups in total. The molecule has 4 rings (SSSR count). The highest BCUT2D eigenvalue weighted by Gasteiger charge is 2.28. The number of methoxy groups -OCH3 is 1. The molecule has 1 heterocycles. The van der Waals surface area contributed by atoms with Crippen molar-refractivity contribution in [1.82, 2.24) is 0 Å². The molecule has 0 amide bonds. The molecular weight excluding hydrogens is 376 g/mol. The van der Waals surface area contributed by atoms with Crippen LogP contribution in [0.1, 0.15) is 21.5 Å². The number of rotatable bonds is 5. The Kier molecular flexibility index (Phi) is 5.04. The van der Waals surface area contributed by atoms with Crippen molar-refractivity contribution in [2.45, 2.75) is 6.61 Å². The lowest BCUT2D eigenvalue weighted by molar-refractivity contribution is 0.101. The van der Waals surface area contributed by atoms with E-state index in [4.69, 9.17) is 25.8 Å². The summed E-state index contributed by atoms with van der Waals surface area (Å²) >= 11 is 6.17. The number of fused-ring (bicyclic) bond motifs is 1. The molecule has 1 aliphatic rings. The molecule has 5 heteroatoms. The van der Waals surface area contributed by atoms with Crippen LogP contribution in [0.15, 0.2) is 72.5 Å². The predicted octanol–water partition coefficient (Wildman–Crippen LogP) is 5.54. The maximum Gasteiger partial charge on any atom is 0.231 e. The van der Waals surface area contributed by atoms with E-state index < -0.39 is 0 Å². The third-order valence-corrected chi connectivity index (χ3v) is 4.72. The van der Waals surface area contributed by atoms with Gasteiger partial charge < -0.3 is 14.2 Å². The van der Waals surface area contributed by atoms with Crippen molar-refractivity contribution in [2.75, 3.05) is 7.11 Å². The molecule has 3 aromatic carbocycles. The average Bonchev–Trinajstić information content (AvgIpc) is 3.03. The van der Waals surface area contributed by atoms with Gasteiger partial charge in [0.2, 0.25) is 5.78 Å². The number of Topliss-reactive ketones (excluding diaryl/α,β-unsaturated/α-hetero) is 1. The van der Waals surface area contributed by atoms with Crippen molar-refractivity contribution in [3.63, 3.8) is 0 Å². The molecule has 0 aliphatic carbocycles. The molecule has 0 unspecified atom stereocenters. The number of halogens is 1. The maximum absolute atomic E-state index is 12.6. The van der Waals surface area contributed by atoms with Crippen molar-refractivity contribution >= 4 is 23.5 Å². The number of hydrogen-bond donors (Lipinski definition) is 0. The van der Waals surface area contributed by atoms with Gasteiger partial charge in [0.1, 0.15) is 23.9 Å². The molecule has 0 bridgehead atoms. The summed E-state index contributed by atoms with van der Waals surface area (Å²) in [5.41, 5.74) is 2.22. The summed E-state index contributed by atoms with van der Waals surface area (Å²) in [7, 11) is 1.63. The first-order valence-electron chi connectivity index (χ1n) is 8.72. The minimum absolute atomic E-state index is 0.172. The lowest BCUT2D eigenvalue weighted by atomic mass is 10.1. The molecule has 0 spiro atoms. The number of ketones is 1. The van der Waals surface area contributed by atoms with Crippen LogP contribution in [0.2, 0.25) is 5.02 Å². The highest BCUT2D eigenvalue weighted by atomic mass is 35.5. The van der Waals surface area contributed by atoms with Gasteiger partial charge in [0.15, 0.2) is 5.76 Å². The molecule has 140 valence electrons. The standard InChI is InChI=1S/C23H17ClO4/c1-26-17-7-4-5-15(11-17)14-27-18-9-10-19-21(13-18)28-22(23(19)25)12-16-6-2-3-8-20(16)24/h2-13H,14H2,1H3. The Balaban J connectivity index is 1.51. The lowest BCUT2D eigenvalue weighted by Gasteiger charge is -2.08. The molecule has 1 aliphatic heterocycles. The first-order chi connectivity index (χ1) is 13.6. The molecule has 0 fully saturated rings. The number of hydrogen-bond acceptors (Lipinski definition) is 4. The zero-order valence-corrected chi connectivity index (χ0v) is 15.9. The molecule has 28 heavy (non-hydrogen) atoms. The molecular formula is C23H17ClO4. The van der Waals surface area contributed by atoms with E-state index in [9.17, 15) is 4.79 Å². The largest absolute Gasteiger partial charge is 0.497 e. The Morgan fingerprint density at radius 3 is 2.68 bits per heavy atom. The van der Waals surface area contributed by atoms with Crippen LogP contribution in [0, 0.1) is 0 Å². The molecule has 0 radical (unpaired) electrons. The number of carbonyl (C=O) groups is 1.